The normalized spacial score (nSPS) is 19.6. The molecule has 0 saturated carbocycles. The Morgan fingerprint density at radius 1 is 1.16 bits per heavy atom. The molecule has 2 heterocycles. The molecule has 0 spiro atoms. The van der Waals surface area contributed by atoms with Crippen LogP contribution in [-0.4, -0.2) is 55.6 Å². The average molecular weight is 437 g/mol. The number of hydrogen-bond donors (Lipinski definition) is 2. The van der Waals surface area contributed by atoms with E-state index in [4.69, 9.17) is 4.74 Å². The molecule has 1 aliphatic rings. The molecule has 4 rings (SSSR count). The molecule has 168 valence electrons. The standard InChI is InChI=1S/C24H27N3O5/c28-18(14-26-16-25-20-10-5-4-9-19(20)23(26)30)13-21-22(29)11-6-12-27(21)24(31)32-15-17-7-2-1-3-8-17/h1-5,7-10,16,18,21-22,28-29H,6,11-15H2/t18?,21-,22+/m1/s1. The first-order valence-corrected chi connectivity index (χ1v) is 10.8. The summed E-state index contributed by atoms with van der Waals surface area (Å²) < 4.78 is 6.80. The van der Waals surface area contributed by atoms with E-state index in [1.807, 2.05) is 36.4 Å². The van der Waals surface area contributed by atoms with Gasteiger partial charge in [0.05, 0.1) is 42.0 Å². The summed E-state index contributed by atoms with van der Waals surface area (Å²) in [5.74, 6) is 0. The number of piperidine rings is 1. The van der Waals surface area contributed by atoms with Crippen molar-refractivity contribution in [2.24, 2.45) is 0 Å². The highest BCUT2D eigenvalue weighted by Crippen LogP contribution is 2.23. The highest BCUT2D eigenvalue weighted by atomic mass is 16.6. The van der Waals surface area contributed by atoms with Crippen molar-refractivity contribution in [2.45, 2.75) is 50.7 Å². The lowest BCUT2D eigenvalue weighted by Gasteiger charge is -2.39. The third-order valence-corrected chi connectivity index (χ3v) is 5.84. The number of likely N-dealkylation sites (tertiary alicyclic amines) is 1. The maximum absolute atomic E-state index is 12.7. The predicted octanol–water partition coefficient (Wildman–Crippen LogP) is 2.31. The lowest BCUT2D eigenvalue weighted by Crippen LogP contribution is -2.52. The summed E-state index contributed by atoms with van der Waals surface area (Å²) in [6, 6.07) is 15.8. The zero-order valence-electron chi connectivity index (χ0n) is 17.7. The Morgan fingerprint density at radius 2 is 1.91 bits per heavy atom. The van der Waals surface area contributed by atoms with Gasteiger partial charge in [-0.05, 0) is 37.0 Å². The molecule has 1 saturated heterocycles. The second kappa shape index (κ2) is 9.93. The van der Waals surface area contributed by atoms with Crippen LogP contribution < -0.4 is 5.56 Å². The third kappa shape index (κ3) is 4.98. The van der Waals surface area contributed by atoms with Crippen LogP contribution in [0.2, 0.25) is 0 Å². The van der Waals surface area contributed by atoms with Crippen molar-refractivity contribution in [3.05, 3.63) is 76.8 Å². The van der Waals surface area contributed by atoms with Crippen molar-refractivity contribution in [2.75, 3.05) is 6.54 Å². The number of aromatic nitrogens is 2. The predicted molar refractivity (Wildman–Crippen MR) is 119 cm³/mol. The van der Waals surface area contributed by atoms with E-state index in [1.54, 1.807) is 18.2 Å². The Morgan fingerprint density at radius 3 is 2.72 bits per heavy atom. The fraction of sp³-hybridized carbons (Fsp3) is 0.375. The van der Waals surface area contributed by atoms with Gasteiger partial charge in [-0.15, -0.1) is 0 Å². The first-order chi connectivity index (χ1) is 15.5. The largest absolute Gasteiger partial charge is 0.445 e. The van der Waals surface area contributed by atoms with Crippen molar-refractivity contribution in [3.63, 3.8) is 0 Å². The van der Waals surface area contributed by atoms with Crippen LogP contribution in [0.4, 0.5) is 4.79 Å². The minimum Gasteiger partial charge on any atom is -0.445 e. The van der Waals surface area contributed by atoms with Gasteiger partial charge in [-0.25, -0.2) is 9.78 Å². The molecule has 1 aromatic heterocycles. The van der Waals surface area contributed by atoms with Crippen LogP contribution in [-0.2, 0) is 17.9 Å². The van der Waals surface area contributed by atoms with Crippen molar-refractivity contribution in [1.82, 2.24) is 14.5 Å². The minimum absolute atomic E-state index is 0.0206. The van der Waals surface area contributed by atoms with E-state index >= 15 is 0 Å². The molecule has 0 aliphatic carbocycles. The molecule has 2 N–H and O–H groups in total. The van der Waals surface area contributed by atoms with Gasteiger partial charge in [-0.1, -0.05) is 42.5 Å². The van der Waals surface area contributed by atoms with Crippen LogP contribution in [0.15, 0.2) is 65.7 Å². The molecule has 0 bridgehead atoms. The molecule has 1 aliphatic heterocycles. The molecule has 1 unspecified atom stereocenters. The maximum Gasteiger partial charge on any atom is 0.410 e. The van der Waals surface area contributed by atoms with E-state index < -0.39 is 24.3 Å². The van der Waals surface area contributed by atoms with Gasteiger partial charge in [-0.2, -0.15) is 0 Å². The second-order valence-corrected chi connectivity index (χ2v) is 8.12. The summed E-state index contributed by atoms with van der Waals surface area (Å²) in [7, 11) is 0. The van der Waals surface area contributed by atoms with Crippen molar-refractivity contribution >= 4 is 17.0 Å². The van der Waals surface area contributed by atoms with Gasteiger partial charge in [0.2, 0.25) is 0 Å². The van der Waals surface area contributed by atoms with Crippen LogP contribution in [0.5, 0.6) is 0 Å². The summed E-state index contributed by atoms with van der Waals surface area (Å²) in [4.78, 5) is 31.2. The Hall–Kier alpha value is -3.23. The fourth-order valence-corrected chi connectivity index (χ4v) is 4.17. The molecular formula is C24H27N3O5. The molecule has 1 amide bonds. The van der Waals surface area contributed by atoms with Crippen molar-refractivity contribution in [1.29, 1.82) is 0 Å². The summed E-state index contributed by atoms with van der Waals surface area (Å²) >= 11 is 0. The molecule has 1 fully saturated rings. The smallest absolute Gasteiger partial charge is 0.410 e. The van der Waals surface area contributed by atoms with Gasteiger partial charge in [0.25, 0.3) is 5.56 Å². The zero-order valence-corrected chi connectivity index (χ0v) is 17.7. The minimum atomic E-state index is -0.946. The average Bonchev–Trinajstić information content (AvgIpc) is 2.81. The highest BCUT2D eigenvalue weighted by molar-refractivity contribution is 5.76. The monoisotopic (exact) mass is 437 g/mol. The Kier molecular flexibility index (Phi) is 6.82. The molecule has 32 heavy (non-hydrogen) atoms. The van der Waals surface area contributed by atoms with Gasteiger partial charge >= 0.3 is 6.09 Å². The number of para-hydroxylation sites is 1. The molecule has 2 aromatic carbocycles. The summed E-state index contributed by atoms with van der Waals surface area (Å²) in [5.41, 5.74) is 1.23. The second-order valence-electron chi connectivity index (χ2n) is 8.12. The van der Waals surface area contributed by atoms with E-state index in [2.05, 4.69) is 4.98 Å². The quantitative estimate of drug-likeness (QED) is 0.613. The van der Waals surface area contributed by atoms with E-state index in [9.17, 15) is 19.8 Å². The van der Waals surface area contributed by atoms with Crippen molar-refractivity contribution < 1.29 is 19.7 Å². The third-order valence-electron chi connectivity index (χ3n) is 5.84. The number of benzene rings is 2. The van der Waals surface area contributed by atoms with Crippen LogP contribution >= 0.6 is 0 Å². The Balaban J connectivity index is 1.42. The van der Waals surface area contributed by atoms with Gasteiger partial charge in [0.1, 0.15) is 6.61 Å². The lowest BCUT2D eigenvalue weighted by atomic mass is 9.94. The van der Waals surface area contributed by atoms with Crippen molar-refractivity contribution in [3.8, 4) is 0 Å². The number of nitrogens with zero attached hydrogens (tertiary/aromatic N) is 3. The Labute approximate surface area is 185 Å². The first-order valence-electron chi connectivity index (χ1n) is 10.8. The topological polar surface area (TPSA) is 105 Å². The van der Waals surface area contributed by atoms with Crippen LogP contribution in [0, 0.1) is 0 Å². The summed E-state index contributed by atoms with van der Waals surface area (Å²) in [6.45, 7) is 0.603. The van der Waals surface area contributed by atoms with Gasteiger partial charge in [0.15, 0.2) is 0 Å². The summed E-state index contributed by atoms with van der Waals surface area (Å²) in [6.07, 6.45) is 0.499. The van der Waals surface area contributed by atoms with Gasteiger partial charge in [0, 0.05) is 6.54 Å². The zero-order chi connectivity index (χ0) is 22.5. The first kappa shape index (κ1) is 22.0. The van der Waals surface area contributed by atoms with Gasteiger partial charge in [-0.3, -0.25) is 9.36 Å². The van der Waals surface area contributed by atoms with Crippen LogP contribution in [0.1, 0.15) is 24.8 Å². The van der Waals surface area contributed by atoms with Crippen LogP contribution in [0.25, 0.3) is 10.9 Å². The van der Waals surface area contributed by atoms with Gasteiger partial charge < -0.3 is 19.8 Å². The highest BCUT2D eigenvalue weighted by Gasteiger charge is 2.35. The number of carbonyl (C=O) groups excluding carboxylic acids is 1. The number of fused-ring (bicyclic) bond motifs is 1. The molecule has 0 radical (unpaired) electrons. The SMILES string of the molecule is O=C(OCc1ccccc1)N1CCC[C@H](O)[C@H]1CC(O)Cn1cnc2ccccc2c1=O. The number of amides is 1. The summed E-state index contributed by atoms with van der Waals surface area (Å²) in [5, 5.41) is 21.7. The van der Waals surface area contributed by atoms with E-state index in [0.29, 0.717) is 30.3 Å². The number of aliphatic hydroxyl groups is 2. The van der Waals surface area contributed by atoms with Crippen LogP contribution in [0.3, 0.4) is 0 Å². The van der Waals surface area contributed by atoms with E-state index in [1.165, 1.54) is 15.8 Å². The Bertz CT molecular complexity index is 1120. The number of carbonyl (C=O) groups is 1. The number of ether oxygens (including phenoxy) is 1. The fourth-order valence-electron chi connectivity index (χ4n) is 4.17. The molecular weight excluding hydrogens is 410 g/mol. The lowest BCUT2D eigenvalue weighted by molar-refractivity contribution is -0.0183. The molecule has 3 aromatic rings. The number of rotatable bonds is 6. The molecule has 8 nitrogen and oxygen atoms in total. The molecule has 3 atom stereocenters. The maximum atomic E-state index is 12.7. The number of aliphatic hydroxyl groups excluding tert-OH is 2. The number of hydrogen-bond acceptors (Lipinski definition) is 6. The van der Waals surface area contributed by atoms with E-state index in [-0.39, 0.29) is 25.1 Å². The molecule has 8 heteroatoms. The van der Waals surface area contributed by atoms with E-state index in [0.717, 1.165) is 5.56 Å².